The number of pyridine rings is 1. The van der Waals surface area contributed by atoms with Crippen molar-refractivity contribution in [1.82, 2.24) is 14.5 Å². The third-order valence-electron chi connectivity index (χ3n) is 7.51. The standard InChI is InChI=1S/C34H26F3N3O4/c1-3-20-7-8-22(26(35)13-20)19-44-33-6-4-5-29(39-33)25-17-27(36)23(14-28(25)37)16-32-38-30-10-9-21(34(41)42-2)15-31(30)40(32)18-24-11-12-43-24/h1,4-10,13-15,17,24H,11-12,16,18-19H2,2H3/t24-/m0/s1. The smallest absolute Gasteiger partial charge is 0.337 e. The maximum absolute atomic E-state index is 15.5. The van der Waals surface area contributed by atoms with Gasteiger partial charge >= 0.3 is 5.97 Å². The Labute approximate surface area is 251 Å². The molecule has 3 aromatic carbocycles. The first kappa shape index (κ1) is 29.0. The molecule has 0 N–H and O–H groups in total. The lowest BCUT2D eigenvalue weighted by Crippen LogP contribution is -2.31. The molecule has 1 aliphatic rings. The van der Waals surface area contributed by atoms with Crippen molar-refractivity contribution in [3.8, 4) is 29.5 Å². The van der Waals surface area contributed by atoms with Crippen molar-refractivity contribution in [3.05, 3.63) is 112 Å². The zero-order valence-corrected chi connectivity index (χ0v) is 23.6. The Morgan fingerprint density at radius 2 is 1.84 bits per heavy atom. The largest absolute Gasteiger partial charge is 0.473 e. The van der Waals surface area contributed by atoms with Crippen molar-refractivity contribution in [1.29, 1.82) is 0 Å². The number of nitrogens with zero attached hydrogens (tertiary/aromatic N) is 3. The molecule has 3 heterocycles. The minimum absolute atomic E-state index is 0.00139. The van der Waals surface area contributed by atoms with Gasteiger partial charge in [0.15, 0.2) is 0 Å². The van der Waals surface area contributed by atoms with E-state index in [0.29, 0.717) is 41.1 Å². The summed E-state index contributed by atoms with van der Waals surface area (Å²) in [6.45, 7) is 0.975. The van der Waals surface area contributed by atoms with E-state index in [4.69, 9.17) is 20.6 Å². The molecule has 0 bridgehead atoms. The molecule has 0 radical (unpaired) electrons. The molecular weight excluding hydrogens is 571 g/mol. The van der Waals surface area contributed by atoms with Crippen LogP contribution in [0.3, 0.4) is 0 Å². The van der Waals surface area contributed by atoms with Crippen molar-refractivity contribution < 1.29 is 32.2 Å². The summed E-state index contributed by atoms with van der Waals surface area (Å²) < 4.78 is 63.3. The maximum Gasteiger partial charge on any atom is 0.337 e. The van der Waals surface area contributed by atoms with Gasteiger partial charge in [0.2, 0.25) is 5.88 Å². The topological polar surface area (TPSA) is 75.5 Å². The van der Waals surface area contributed by atoms with Gasteiger partial charge < -0.3 is 18.8 Å². The second-order valence-corrected chi connectivity index (χ2v) is 10.3. The van der Waals surface area contributed by atoms with Crippen LogP contribution in [-0.4, -0.2) is 40.3 Å². The van der Waals surface area contributed by atoms with Crippen LogP contribution in [0.15, 0.2) is 66.7 Å². The number of hydrogen-bond acceptors (Lipinski definition) is 6. The van der Waals surface area contributed by atoms with Crippen molar-refractivity contribution >= 4 is 17.0 Å². The van der Waals surface area contributed by atoms with E-state index in [1.165, 1.54) is 25.3 Å². The van der Waals surface area contributed by atoms with Gasteiger partial charge in [-0.25, -0.2) is 27.9 Å². The summed E-state index contributed by atoms with van der Waals surface area (Å²) in [7, 11) is 1.30. The van der Waals surface area contributed by atoms with E-state index in [9.17, 15) is 9.18 Å². The summed E-state index contributed by atoms with van der Waals surface area (Å²) in [4.78, 5) is 21.1. The highest BCUT2D eigenvalue weighted by atomic mass is 19.1. The molecule has 1 atom stereocenters. The Morgan fingerprint density at radius 1 is 1.02 bits per heavy atom. The number of carbonyl (C=O) groups is 1. The molecule has 0 saturated carbocycles. The summed E-state index contributed by atoms with van der Waals surface area (Å²) in [6.07, 6.45) is 6.11. The van der Waals surface area contributed by atoms with E-state index < -0.39 is 23.4 Å². The number of carbonyl (C=O) groups excluding carboxylic acids is 1. The number of imidazole rings is 1. The molecule has 6 rings (SSSR count). The highest BCUT2D eigenvalue weighted by molar-refractivity contribution is 5.93. The number of terminal acetylenes is 1. The molecular formula is C34H26F3N3O4. The number of hydrogen-bond donors (Lipinski definition) is 0. The quantitative estimate of drug-likeness (QED) is 0.148. The Kier molecular flexibility index (Phi) is 8.05. The molecule has 44 heavy (non-hydrogen) atoms. The molecule has 222 valence electrons. The normalized spacial score (nSPS) is 14.2. The maximum atomic E-state index is 15.5. The first-order valence-corrected chi connectivity index (χ1v) is 13.8. The summed E-state index contributed by atoms with van der Waals surface area (Å²) in [5.41, 5.74) is 2.51. The first-order valence-electron chi connectivity index (χ1n) is 13.8. The van der Waals surface area contributed by atoms with Gasteiger partial charge in [-0.2, -0.15) is 0 Å². The van der Waals surface area contributed by atoms with Gasteiger partial charge in [0.25, 0.3) is 0 Å². The number of methoxy groups -OCH3 is 1. The van der Waals surface area contributed by atoms with Gasteiger partial charge in [0, 0.05) is 35.8 Å². The van der Waals surface area contributed by atoms with Crippen LogP contribution < -0.4 is 4.74 Å². The van der Waals surface area contributed by atoms with E-state index in [2.05, 4.69) is 15.9 Å². The monoisotopic (exact) mass is 597 g/mol. The molecule has 7 nitrogen and oxygen atoms in total. The number of rotatable bonds is 9. The number of ether oxygens (including phenoxy) is 3. The average molecular weight is 598 g/mol. The van der Waals surface area contributed by atoms with Gasteiger partial charge in [-0.1, -0.05) is 18.1 Å². The number of benzene rings is 3. The second-order valence-electron chi connectivity index (χ2n) is 10.3. The lowest BCUT2D eigenvalue weighted by Gasteiger charge is -2.27. The van der Waals surface area contributed by atoms with Crippen molar-refractivity contribution in [2.45, 2.75) is 32.1 Å². The number of fused-ring (bicyclic) bond motifs is 1. The van der Waals surface area contributed by atoms with Crippen LogP contribution in [-0.2, 0) is 29.0 Å². The molecule has 10 heteroatoms. The third-order valence-corrected chi connectivity index (χ3v) is 7.51. The van der Waals surface area contributed by atoms with Crippen LogP contribution in [0.25, 0.3) is 22.3 Å². The fraction of sp³-hybridized carbons (Fsp3) is 0.206. The van der Waals surface area contributed by atoms with Gasteiger partial charge in [0.05, 0.1) is 42.0 Å². The third kappa shape index (κ3) is 5.87. The van der Waals surface area contributed by atoms with E-state index >= 15 is 8.78 Å². The number of esters is 1. The minimum Gasteiger partial charge on any atom is -0.473 e. The van der Waals surface area contributed by atoms with Crippen molar-refractivity contribution in [2.24, 2.45) is 0 Å². The van der Waals surface area contributed by atoms with Gasteiger partial charge in [-0.05, 0) is 60.5 Å². The van der Waals surface area contributed by atoms with Gasteiger partial charge in [-0.15, -0.1) is 6.42 Å². The molecule has 1 saturated heterocycles. The molecule has 0 aliphatic carbocycles. The van der Waals surface area contributed by atoms with E-state index in [1.807, 2.05) is 4.57 Å². The molecule has 0 spiro atoms. The average Bonchev–Trinajstić information content (AvgIpc) is 3.35. The fourth-order valence-corrected chi connectivity index (χ4v) is 5.03. The second kappa shape index (κ2) is 12.2. The molecule has 1 fully saturated rings. The van der Waals surface area contributed by atoms with Gasteiger partial charge in [-0.3, -0.25) is 0 Å². The fourth-order valence-electron chi connectivity index (χ4n) is 5.03. The Bertz CT molecular complexity index is 1930. The zero-order valence-electron chi connectivity index (χ0n) is 23.6. The Hall–Kier alpha value is -5.14. The summed E-state index contributed by atoms with van der Waals surface area (Å²) >= 11 is 0. The Balaban J connectivity index is 1.26. The molecule has 5 aromatic rings. The van der Waals surface area contributed by atoms with Gasteiger partial charge in [0.1, 0.15) is 29.9 Å². The van der Waals surface area contributed by atoms with Crippen LogP contribution in [0.2, 0.25) is 0 Å². The molecule has 2 aromatic heterocycles. The van der Waals surface area contributed by atoms with Crippen LogP contribution in [0.1, 0.15) is 39.3 Å². The van der Waals surface area contributed by atoms with E-state index in [0.717, 1.165) is 18.6 Å². The van der Waals surface area contributed by atoms with Crippen molar-refractivity contribution in [3.63, 3.8) is 0 Å². The van der Waals surface area contributed by atoms with E-state index in [-0.39, 0.29) is 47.4 Å². The van der Waals surface area contributed by atoms with Crippen molar-refractivity contribution in [2.75, 3.05) is 13.7 Å². The zero-order chi connectivity index (χ0) is 30.8. The lowest BCUT2D eigenvalue weighted by molar-refractivity contribution is -0.0589. The number of aromatic nitrogens is 3. The highest BCUT2D eigenvalue weighted by Gasteiger charge is 2.24. The van der Waals surface area contributed by atoms with E-state index in [1.54, 1.807) is 36.4 Å². The highest BCUT2D eigenvalue weighted by Crippen LogP contribution is 2.29. The molecule has 0 unspecified atom stereocenters. The summed E-state index contributed by atoms with van der Waals surface area (Å²) in [5.74, 6) is 0.658. The number of halogens is 3. The SMILES string of the molecule is C#Cc1ccc(COc2cccc(-c3cc(F)c(Cc4nc5ccc(C(=O)OC)cc5n4C[C@@H]4CCO4)cc3F)n2)c(F)c1. The first-order chi connectivity index (χ1) is 21.3. The van der Waals surface area contributed by atoms with Crippen LogP contribution in [0, 0.1) is 29.8 Å². The summed E-state index contributed by atoms with van der Waals surface area (Å²) in [5, 5.41) is 0. The van der Waals surface area contributed by atoms with Crippen LogP contribution in [0.4, 0.5) is 13.2 Å². The Morgan fingerprint density at radius 3 is 2.57 bits per heavy atom. The molecule has 1 aliphatic heterocycles. The van der Waals surface area contributed by atoms with Crippen LogP contribution >= 0.6 is 0 Å². The van der Waals surface area contributed by atoms with Crippen LogP contribution in [0.5, 0.6) is 5.88 Å². The lowest BCUT2D eigenvalue weighted by atomic mass is 10.0. The summed E-state index contributed by atoms with van der Waals surface area (Å²) in [6, 6.07) is 16.2. The predicted molar refractivity (Wildman–Crippen MR) is 156 cm³/mol. The molecule has 0 amide bonds. The predicted octanol–water partition coefficient (Wildman–Crippen LogP) is 6.24. The minimum atomic E-state index is -0.681.